The maximum Gasteiger partial charge on any atom is 0.573 e. The Morgan fingerprint density at radius 1 is 1.33 bits per heavy atom. The van der Waals surface area contributed by atoms with Crippen LogP contribution in [-0.4, -0.2) is 24.0 Å². The number of alkyl halides is 3. The molecule has 0 radical (unpaired) electrons. The number of carboxylic acid groups (broad SMARTS) is 1. The summed E-state index contributed by atoms with van der Waals surface area (Å²) in [5, 5.41) is 8.94. The molecule has 0 spiro atoms. The topological polar surface area (TPSA) is 55.8 Å². The van der Waals surface area contributed by atoms with Crippen LogP contribution in [0.25, 0.3) is 0 Å². The maximum atomic E-state index is 12.1. The fourth-order valence-corrected chi connectivity index (χ4v) is 1.75. The summed E-state index contributed by atoms with van der Waals surface area (Å²) in [6.45, 7) is 3.26. The van der Waals surface area contributed by atoms with Crippen molar-refractivity contribution in [2.45, 2.75) is 26.6 Å². The zero-order valence-corrected chi connectivity index (χ0v) is 12.9. The minimum absolute atomic E-state index is 0.0924. The van der Waals surface area contributed by atoms with Crippen molar-refractivity contribution in [3.63, 3.8) is 0 Å². The van der Waals surface area contributed by atoms with Crippen LogP contribution in [0.1, 0.15) is 20.3 Å². The number of hydrogen-bond acceptors (Lipinski definition) is 3. The lowest BCUT2D eigenvalue weighted by atomic mass is 9.90. The average Bonchev–Trinajstić information content (AvgIpc) is 2.30. The van der Waals surface area contributed by atoms with Crippen molar-refractivity contribution in [1.29, 1.82) is 0 Å². The van der Waals surface area contributed by atoms with Crippen molar-refractivity contribution in [2.75, 3.05) is 6.61 Å². The van der Waals surface area contributed by atoms with E-state index in [1.807, 2.05) is 0 Å². The lowest BCUT2D eigenvalue weighted by Gasteiger charge is -2.19. The van der Waals surface area contributed by atoms with Crippen LogP contribution < -0.4 is 9.47 Å². The van der Waals surface area contributed by atoms with Crippen molar-refractivity contribution >= 4 is 21.9 Å². The summed E-state index contributed by atoms with van der Waals surface area (Å²) in [4.78, 5) is 10.9. The van der Waals surface area contributed by atoms with Gasteiger partial charge in [0, 0.05) is 0 Å². The third kappa shape index (κ3) is 5.82. The van der Waals surface area contributed by atoms with E-state index in [0.29, 0.717) is 5.75 Å². The van der Waals surface area contributed by atoms with E-state index < -0.39 is 17.7 Å². The number of carbonyl (C=O) groups is 1. The maximum absolute atomic E-state index is 12.1. The van der Waals surface area contributed by atoms with Crippen molar-refractivity contribution in [1.82, 2.24) is 0 Å². The minimum Gasteiger partial charge on any atom is -0.494 e. The fraction of sp³-hybridized carbons (Fsp3) is 0.462. The van der Waals surface area contributed by atoms with Crippen molar-refractivity contribution in [2.24, 2.45) is 5.41 Å². The summed E-state index contributed by atoms with van der Waals surface area (Å²) in [5.41, 5.74) is -0.934. The molecule has 0 saturated carbocycles. The fourth-order valence-electron chi connectivity index (χ4n) is 1.31. The second-order valence-corrected chi connectivity index (χ2v) is 5.78. The average molecular weight is 371 g/mol. The van der Waals surface area contributed by atoms with Gasteiger partial charge in [0.1, 0.15) is 11.5 Å². The van der Waals surface area contributed by atoms with Gasteiger partial charge < -0.3 is 14.6 Å². The molecule has 1 aromatic carbocycles. The number of aliphatic carboxylic acids is 1. The van der Waals surface area contributed by atoms with Gasteiger partial charge >= 0.3 is 12.3 Å². The van der Waals surface area contributed by atoms with Gasteiger partial charge in [0.15, 0.2) is 0 Å². The molecule has 0 fully saturated rings. The standard InChI is InChI=1S/C13H14BrF3O4/c1-12(2,11(18)19)5-6-20-8-3-4-10(9(14)7-8)21-13(15,16)17/h3-4,7H,5-6H2,1-2H3,(H,18,19). The summed E-state index contributed by atoms with van der Waals surface area (Å²) in [5.74, 6) is -1.00. The molecule has 0 aromatic heterocycles. The molecule has 0 unspecified atom stereocenters. The first-order chi connectivity index (χ1) is 9.51. The number of halogens is 4. The van der Waals surface area contributed by atoms with Gasteiger partial charge in [0.2, 0.25) is 0 Å². The number of ether oxygens (including phenoxy) is 2. The number of carboxylic acids is 1. The van der Waals surface area contributed by atoms with Crippen molar-refractivity contribution in [3.8, 4) is 11.5 Å². The van der Waals surface area contributed by atoms with Crippen LogP contribution in [0.15, 0.2) is 22.7 Å². The molecule has 1 N–H and O–H groups in total. The molecule has 0 atom stereocenters. The third-order valence-corrected chi connectivity index (χ3v) is 3.32. The van der Waals surface area contributed by atoms with Gasteiger partial charge in [-0.25, -0.2) is 0 Å². The van der Waals surface area contributed by atoms with E-state index in [1.54, 1.807) is 13.8 Å². The predicted molar refractivity (Wildman–Crippen MR) is 72.4 cm³/mol. The zero-order chi connectivity index (χ0) is 16.3. The van der Waals surface area contributed by atoms with E-state index in [2.05, 4.69) is 20.7 Å². The summed E-state index contributed by atoms with van der Waals surface area (Å²) in [7, 11) is 0. The molecular weight excluding hydrogens is 357 g/mol. The Hall–Kier alpha value is -1.44. The molecule has 0 amide bonds. The summed E-state index contributed by atoms with van der Waals surface area (Å²) < 4.78 is 45.5. The van der Waals surface area contributed by atoms with Crippen LogP contribution in [0, 0.1) is 5.41 Å². The van der Waals surface area contributed by atoms with Gasteiger partial charge in [-0.2, -0.15) is 0 Å². The second kappa shape index (κ2) is 6.55. The normalized spacial score (nSPS) is 12.1. The van der Waals surface area contributed by atoms with Gasteiger partial charge in [-0.3, -0.25) is 4.79 Å². The Morgan fingerprint density at radius 2 is 1.95 bits per heavy atom. The number of rotatable bonds is 6. The first-order valence-corrected chi connectivity index (χ1v) is 6.72. The summed E-state index contributed by atoms with van der Waals surface area (Å²) in [6.07, 6.45) is -4.50. The lowest BCUT2D eigenvalue weighted by Crippen LogP contribution is -2.25. The predicted octanol–water partition coefficient (Wildman–Crippen LogP) is 4.23. The van der Waals surface area contributed by atoms with E-state index in [0.717, 1.165) is 6.07 Å². The molecule has 0 aliphatic heterocycles. The second-order valence-electron chi connectivity index (χ2n) is 4.93. The minimum atomic E-state index is -4.77. The molecule has 4 nitrogen and oxygen atoms in total. The molecule has 0 saturated heterocycles. The van der Waals surface area contributed by atoms with Crippen LogP contribution in [0.5, 0.6) is 11.5 Å². The lowest BCUT2D eigenvalue weighted by molar-refractivity contribution is -0.274. The third-order valence-electron chi connectivity index (χ3n) is 2.70. The summed E-state index contributed by atoms with van der Waals surface area (Å²) >= 11 is 2.96. The van der Waals surface area contributed by atoms with Crippen molar-refractivity contribution < 1.29 is 32.5 Å². The van der Waals surface area contributed by atoms with Gasteiger partial charge in [-0.05, 0) is 54.4 Å². The quantitative estimate of drug-likeness (QED) is 0.813. The van der Waals surface area contributed by atoms with Crippen LogP contribution in [-0.2, 0) is 4.79 Å². The van der Waals surface area contributed by atoms with Gasteiger partial charge in [0.25, 0.3) is 0 Å². The van der Waals surface area contributed by atoms with E-state index >= 15 is 0 Å². The Morgan fingerprint density at radius 3 is 2.43 bits per heavy atom. The van der Waals surface area contributed by atoms with E-state index in [-0.39, 0.29) is 23.2 Å². The van der Waals surface area contributed by atoms with E-state index in [1.165, 1.54) is 12.1 Å². The number of hydrogen-bond donors (Lipinski definition) is 1. The highest BCUT2D eigenvalue weighted by Crippen LogP contribution is 2.33. The smallest absolute Gasteiger partial charge is 0.494 e. The van der Waals surface area contributed by atoms with Crippen LogP contribution in [0.2, 0.25) is 0 Å². The highest BCUT2D eigenvalue weighted by Gasteiger charge is 2.32. The zero-order valence-electron chi connectivity index (χ0n) is 11.3. The molecule has 0 heterocycles. The molecule has 1 aromatic rings. The Kier molecular flexibility index (Phi) is 5.49. The monoisotopic (exact) mass is 370 g/mol. The highest BCUT2D eigenvalue weighted by atomic mass is 79.9. The molecule has 0 aliphatic carbocycles. The molecule has 1 rings (SSSR count). The molecule has 118 valence electrons. The molecule has 0 bridgehead atoms. The van der Waals surface area contributed by atoms with Crippen LogP contribution in [0.4, 0.5) is 13.2 Å². The van der Waals surface area contributed by atoms with Crippen molar-refractivity contribution in [3.05, 3.63) is 22.7 Å². The van der Waals surface area contributed by atoms with Crippen LogP contribution in [0.3, 0.4) is 0 Å². The van der Waals surface area contributed by atoms with Gasteiger partial charge in [-0.1, -0.05) is 0 Å². The molecular formula is C13H14BrF3O4. The SMILES string of the molecule is CC(C)(CCOc1ccc(OC(F)(F)F)c(Br)c1)C(=O)O. The van der Waals surface area contributed by atoms with Crippen LogP contribution >= 0.6 is 15.9 Å². The Balaban J connectivity index is 2.63. The van der Waals surface area contributed by atoms with E-state index in [4.69, 9.17) is 9.84 Å². The highest BCUT2D eigenvalue weighted by molar-refractivity contribution is 9.10. The summed E-state index contributed by atoms with van der Waals surface area (Å²) in [6, 6.07) is 3.77. The van der Waals surface area contributed by atoms with Gasteiger partial charge in [-0.15, -0.1) is 13.2 Å². The first-order valence-electron chi connectivity index (χ1n) is 5.93. The largest absolute Gasteiger partial charge is 0.573 e. The van der Waals surface area contributed by atoms with Gasteiger partial charge in [0.05, 0.1) is 16.5 Å². The molecule has 0 aliphatic rings. The first kappa shape index (κ1) is 17.6. The Bertz CT molecular complexity index is 515. The number of benzene rings is 1. The molecule has 8 heteroatoms. The van der Waals surface area contributed by atoms with E-state index in [9.17, 15) is 18.0 Å². The molecule has 21 heavy (non-hydrogen) atoms. The Labute approximate surface area is 128 Å².